The number of nitrogens with one attached hydrogen (secondary N) is 1. The van der Waals surface area contributed by atoms with Crippen molar-refractivity contribution in [2.24, 2.45) is 5.92 Å². The van der Waals surface area contributed by atoms with Crippen LogP contribution in [0.4, 0.5) is 11.4 Å². The molecule has 6 heteroatoms. The smallest absolute Gasteiger partial charge is 0.292 e. The highest BCUT2D eigenvalue weighted by Gasteiger charge is 2.19. The number of benzene rings is 1. The molecule has 1 aromatic rings. The Morgan fingerprint density at radius 1 is 1.43 bits per heavy atom. The Morgan fingerprint density at radius 3 is 2.57 bits per heavy atom. The summed E-state index contributed by atoms with van der Waals surface area (Å²) in [6, 6.07) is 6.49. The largest absolute Gasteiger partial charge is 0.375 e. The van der Waals surface area contributed by atoms with Crippen molar-refractivity contribution in [3.05, 3.63) is 33.9 Å². The maximum Gasteiger partial charge on any atom is 0.292 e. The van der Waals surface area contributed by atoms with E-state index in [4.69, 9.17) is 5.26 Å². The van der Waals surface area contributed by atoms with Gasteiger partial charge in [-0.1, -0.05) is 13.8 Å². The number of nitro benzene ring substituents is 1. The van der Waals surface area contributed by atoms with E-state index in [1.807, 2.05) is 25.1 Å². The molecule has 0 fully saturated rings. The fraction of sp³-hybridized carbons (Fsp3) is 0.533. The molecule has 0 saturated heterocycles. The Kier molecular flexibility index (Phi) is 6.12. The molecule has 0 bridgehead atoms. The third-order valence-electron chi connectivity index (χ3n) is 3.02. The van der Waals surface area contributed by atoms with Crippen LogP contribution in [-0.4, -0.2) is 36.5 Å². The lowest BCUT2D eigenvalue weighted by atomic mass is 10.0. The van der Waals surface area contributed by atoms with Gasteiger partial charge in [-0.05, 0) is 38.6 Å². The van der Waals surface area contributed by atoms with Crippen LogP contribution in [0, 0.1) is 27.4 Å². The van der Waals surface area contributed by atoms with Gasteiger partial charge in [0.15, 0.2) is 0 Å². The number of nitriles is 1. The van der Waals surface area contributed by atoms with Crippen LogP contribution in [-0.2, 0) is 0 Å². The van der Waals surface area contributed by atoms with E-state index >= 15 is 0 Å². The fourth-order valence-electron chi connectivity index (χ4n) is 2.29. The lowest BCUT2D eigenvalue weighted by Gasteiger charge is -2.24. The Morgan fingerprint density at radius 2 is 2.10 bits per heavy atom. The molecule has 1 rings (SSSR count). The Bertz CT molecular complexity index is 525. The topological polar surface area (TPSA) is 82.2 Å². The van der Waals surface area contributed by atoms with Crippen molar-refractivity contribution in [3.8, 4) is 6.07 Å². The van der Waals surface area contributed by atoms with Crippen LogP contribution in [0.3, 0.4) is 0 Å². The molecule has 0 aliphatic heterocycles. The van der Waals surface area contributed by atoms with Crippen LogP contribution in [0.25, 0.3) is 0 Å². The fourth-order valence-corrected chi connectivity index (χ4v) is 2.29. The first kappa shape index (κ1) is 16.9. The highest BCUT2D eigenvalue weighted by Crippen LogP contribution is 2.27. The van der Waals surface area contributed by atoms with Gasteiger partial charge < -0.3 is 10.2 Å². The van der Waals surface area contributed by atoms with E-state index < -0.39 is 4.92 Å². The van der Waals surface area contributed by atoms with Gasteiger partial charge in [-0.25, -0.2) is 0 Å². The molecular formula is C15H22N4O2. The molecule has 0 aliphatic rings. The molecule has 21 heavy (non-hydrogen) atoms. The van der Waals surface area contributed by atoms with E-state index in [9.17, 15) is 10.1 Å². The summed E-state index contributed by atoms with van der Waals surface area (Å²) in [5, 5.41) is 23.3. The number of hydrogen-bond acceptors (Lipinski definition) is 5. The minimum absolute atomic E-state index is 0.00140. The third kappa shape index (κ3) is 5.40. The predicted octanol–water partition coefficient (Wildman–Crippen LogP) is 2.85. The van der Waals surface area contributed by atoms with Gasteiger partial charge in [0.2, 0.25) is 0 Å². The summed E-state index contributed by atoms with van der Waals surface area (Å²) < 4.78 is 0. The normalized spacial score (nSPS) is 12.2. The molecule has 1 N–H and O–H groups in total. The zero-order chi connectivity index (χ0) is 16.0. The second-order valence-electron chi connectivity index (χ2n) is 5.83. The molecule has 114 valence electrons. The molecule has 0 heterocycles. The summed E-state index contributed by atoms with van der Waals surface area (Å²) in [6.07, 6.45) is 0.895. The molecule has 0 spiro atoms. The molecule has 0 saturated carbocycles. The zero-order valence-corrected chi connectivity index (χ0v) is 13.0. The third-order valence-corrected chi connectivity index (χ3v) is 3.02. The lowest BCUT2D eigenvalue weighted by molar-refractivity contribution is -0.384. The molecule has 6 nitrogen and oxygen atoms in total. The van der Waals surface area contributed by atoms with Gasteiger partial charge in [0, 0.05) is 18.7 Å². The number of nitrogens with zero attached hydrogens (tertiary/aromatic N) is 3. The van der Waals surface area contributed by atoms with E-state index in [-0.39, 0.29) is 11.7 Å². The van der Waals surface area contributed by atoms with E-state index in [1.54, 1.807) is 6.07 Å². The molecule has 1 unspecified atom stereocenters. The first-order chi connectivity index (χ1) is 9.83. The summed E-state index contributed by atoms with van der Waals surface area (Å²) in [6.45, 7) is 5.00. The maximum absolute atomic E-state index is 11.1. The van der Waals surface area contributed by atoms with Crippen molar-refractivity contribution in [1.82, 2.24) is 4.90 Å². The Hall–Kier alpha value is -2.13. The first-order valence-electron chi connectivity index (χ1n) is 6.93. The second kappa shape index (κ2) is 7.60. The molecule has 0 aromatic heterocycles. The highest BCUT2D eigenvalue weighted by molar-refractivity contribution is 5.64. The van der Waals surface area contributed by atoms with Gasteiger partial charge in [0.25, 0.3) is 5.69 Å². The second-order valence-corrected chi connectivity index (χ2v) is 5.83. The number of rotatable bonds is 7. The van der Waals surface area contributed by atoms with Crippen LogP contribution in [0.2, 0.25) is 0 Å². The van der Waals surface area contributed by atoms with Gasteiger partial charge >= 0.3 is 0 Å². The Balaban J connectivity index is 3.05. The van der Waals surface area contributed by atoms with Crippen LogP contribution >= 0.6 is 0 Å². The van der Waals surface area contributed by atoms with Crippen molar-refractivity contribution < 1.29 is 4.92 Å². The quantitative estimate of drug-likeness (QED) is 0.616. The van der Waals surface area contributed by atoms with Crippen molar-refractivity contribution in [3.63, 3.8) is 0 Å². The van der Waals surface area contributed by atoms with Gasteiger partial charge in [0.05, 0.1) is 16.6 Å². The van der Waals surface area contributed by atoms with E-state index in [2.05, 4.69) is 19.2 Å². The van der Waals surface area contributed by atoms with Crippen LogP contribution in [0.15, 0.2) is 18.2 Å². The molecule has 0 radical (unpaired) electrons. The molecular weight excluding hydrogens is 268 g/mol. The molecule has 0 amide bonds. The molecule has 0 aliphatic carbocycles. The minimum atomic E-state index is -0.425. The average Bonchev–Trinajstić information content (AvgIpc) is 2.36. The van der Waals surface area contributed by atoms with Crippen molar-refractivity contribution in [2.75, 3.05) is 26.0 Å². The van der Waals surface area contributed by atoms with Gasteiger partial charge in [-0.15, -0.1) is 0 Å². The average molecular weight is 290 g/mol. The van der Waals surface area contributed by atoms with Crippen LogP contribution in [0.1, 0.15) is 25.8 Å². The number of nitro groups is 1. The van der Waals surface area contributed by atoms with Gasteiger partial charge in [-0.2, -0.15) is 5.26 Å². The number of anilines is 1. The SMILES string of the molecule is CC(C)CC(CN(C)C)Nc1cc(C#N)ccc1[N+](=O)[O-]. The van der Waals surface area contributed by atoms with E-state index in [0.29, 0.717) is 17.2 Å². The highest BCUT2D eigenvalue weighted by atomic mass is 16.6. The summed E-state index contributed by atoms with van der Waals surface area (Å²) in [4.78, 5) is 12.7. The standard InChI is InChI=1S/C15H22N4O2/c1-11(2)7-13(10-18(3)4)17-14-8-12(9-16)5-6-15(14)19(20)21/h5-6,8,11,13,17H,7,10H2,1-4H3. The van der Waals surface area contributed by atoms with Crippen molar-refractivity contribution in [2.45, 2.75) is 26.3 Å². The predicted molar refractivity (Wildman–Crippen MR) is 83.2 cm³/mol. The summed E-state index contributed by atoms with van der Waals surface area (Å²) in [5.74, 6) is 0.473. The van der Waals surface area contributed by atoms with E-state index in [1.165, 1.54) is 12.1 Å². The summed E-state index contributed by atoms with van der Waals surface area (Å²) in [7, 11) is 3.93. The summed E-state index contributed by atoms with van der Waals surface area (Å²) in [5.41, 5.74) is 0.823. The van der Waals surface area contributed by atoms with Crippen LogP contribution in [0.5, 0.6) is 0 Å². The minimum Gasteiger partial charge on any atom is -0.375 e. The summed E-state index contributed by atoms with van der Waals surface area (Å²) >= 11 is 0. The van der Waals surface area contributed by atoms with Crippen LogP contribution < -0.4 is 5.32 Å². The lowest BCUT2D eigenvalue weighted by Crippen LogP contribution is -2.33. The van der Waals surface area contributed by atoms with Crippen molar-refractivity contribution in [1.29, 1.82) is 5.26 Å². The molecule has 1 atom stereocenters. The maximum atomic E-state index is 11.1. The van der Waals surface area contributed by atoms with Gasteiger partial charge in [0.1, 0.15) is 5.69 Å². The first-order valence-corrected chi connectivity index (χ1v) is 6.93. The Labute approximate surface area is 125 Å². The van der Waals surface area contributed by atoms with Gasteiger partial charge in [-0.3, -0.25) is 10.1 Å². The van der Waals surface area contributed by atoms with Crippen molar-refractivity contribution >= 4 is 11.4 Å². The monoisotopic (exact) mass is 290 g/mol. The molecule has 1 aromatic carbocycles. The number of likely N-dealkylation sites (N-methyl/N-ethyl adjacent to an activating group) is 1. The zero-order valence-electron chi connectivity index (χ0n) is 13.0. The number of hydrogen-bond donors (Lipinski definition) is 1. The van der Waals surface area contributed by atoms with E-state index in [0.717, 1.165) is 13.0 Å².